The SMILES string of the molecule is O=C(O)CSc1nnc(C2CC2)n1CCN1CCCCC1. The van der Waals surface area contributed by atoms with Gasteiger partial charge < -0.3 is 14.6 Å². The maximum atomic E-state index is 10.8. The summed E-state index contributed by atoms with van der Waals surface area (Å²) in [5, 5.41) is 18.1. The lowest BCUT2D eigenvalue weighted by atomic mass is 10.1. The largest absolute Gasteiger partial charge is 0.481 e. The van der Waals surface area contributed by atoms with E-state index < -0.39 is 5.97 Å². The Hall–Kier alpha value is -1.08. The number of aliphatic carboxylic acids is 1. The first-order valence-corrected chi connectivity index (χ1v) is 8.72. The Morgan fingerprint density at radius 2 is 1.95 bits per heavy atom. The van der Waals surface area contributed by atoms with Gasteiger partial charge in [-0.25, -0.2) is 0 Å². The average Bonchev–Trinajstić information content (AvgIpc) is 3.25. The second-order valence-electron chi connectivity index (χ2n) is 5.85. The van der Waals surface area contributed by atoms with E-state index in [9.17, 15) is 4.79 Å². The molecule has 0 bridgehead atoms. The van der Waals surface area contributed by atoms with Gasteiger partial charge in [-0.05, 0) is 38.8 Å². The smallest absolute Gasteiger partial charge is 0.313 e. The molecular formula is C14H22N4O2S. The normalized spacial score (nSPS) is 19.8. The summed E-state index contributed by atoms with van der Waals surface area (Å²) in [7, 11) is 0. The van der Waals surface area contributed by atoms with Crippen LogP contribution in [-0.4, -0.2) is 56.1 Å². The monoisotopic (exact) mass is 310 g/mol. The summed E-state index contributed by atoms with van der Waals surface area (Å²) in [5.74, 6) is 0.837. The quantitative estimate of drug-likeness (QED) is 0.775. The van der Waals surface area contributed by atoms with Crippen molar-refractivity contribution >= 4 is 17.7 Å². The molecule has 0 atom stereocenters. The van der Waals surface area contributed by atoms with Crippen molar-refractivity contribution in [2.75, 3.05) is 25.4 Å². The van der Waals surface area contributed by atoms with E-state index in [0.717, 1.165) is 24.1 Å². The van der Waals surface area contributed by atoms with E-state index in [0.29, 0.717) is 5.92 Å². The van der Waals surface area contributed by atoms with E-state index in [1.807, 2.05) is 0 Å². The summed E-state index contributed by atoms with van der Waals surface area (Å²) < 4.78 is 2.15. The van der Waals surface area contributed by atoms with E-state index in [-0.39, 0.29) is 5.75 Å². The van der Waals surface area contributed by atoms with Crippen LogP contribution in [0, 0.1) is 0 Å². The Labute approximate surface area is 128 Å². The first-order chi connectivity index (χ1) is 10.2. The second kappa shape index (κ2) is 6.79. The molecule has 1 N–H and O–H groups in total. The fourth-order valence-electron chi connectivity index (χ4n) is 2.81. The molecule has 116 valence electrons. The molecule has 1 aromatic heterocycles. The minimum absolute atomic E-state index is 0.0481. The Balaban J connectivity index is 1.65. The topological polar surface area (TPSA) is 71.2 Å². The minimum atomic E-state index is -0.807. The van der Waals surface area contributed by atoms with Crippen molar-refractivity contribution < 1.29 is 9.90 Å². The zero-order valence-electron chi connectivity index (χ0n) is 12.2. The maximum absolute atomic E-state index is 10.8. The molecule has 0 aromatic carbocycles. The average molecular weight is 310 g/mol. The highest BCUT2D eigenvalue weighted by atomic mass is 32.2. The molecule has 2 fully saturated rings. The molecule has 2 aliphatic rings. The van der Waals surface area contributed by atoms with E-state index in [4.69, 9.17) is 5.11 Å². The number of nitrogens with zero attached hydrogens (tertiary/aromatic N) is 4. The van der Waals surface area contributed by atoms with Crippen molar-refractivity contribution in [1.82, 2.24) is 19.7 Å². The molecule has 0 radical (unpaired) electrons. The highest BCUT2D eigenvalue weighted by Crippen LogP contribution is 2.40. The highest BCUT2D eigenvalue weighted by Gasteiger charge is 2.30. The molecule has 3 rings (SSSR count). The molecule has 6 nitrogen and oxygen atoms in total. The molecular weight excluding hydrogens is 288 g/mol. The van der Waals surface area contributed by atoms with Gasteiger partial charge in [0.25, 0.3) is 0 Å². The lowest BCUT2D eigenvalue weighted by molar-refractivity contribution is -0.133. The number of rotatable bonds is 7. The molecule has 0 unspecified atom stereocenters. The molecule has 0 spiro atoms. The van der Waals surface area contributed by atoms with E-state index in [2.05, 4.69) is 19.7 Å². The van der Waals surface area contributed by atoms with Gasteiger partial charge >= 0.3 is 5.97 Å². The van der Waals surface area contributed by atoms with Crippen LogP contribution in [0.1, 0.15) is 43.8 Å². The molecule has 21 heavy (non-hydrogen) atoms. The summed E-state index contributed by atoms with van der Waals surface area (Å²) in [6, 6.07) is 0. The van der Waals surface area contributed by atoms with Crippen molar-refractivity contribution in [3.63, 3.8) is 0 Å². The van der Waals surface area contributed by atoms with Gasteiger partial charge in [0.05, 0.1) is 5.75 Å². The molecule has 1 aliphatic heterocycles. The van der Waals surface area contributed by atoms with Gasteiger partial charge in [0.2, 0.25) is 0 Å². The predicted octanol–water partition coefficient (Wildman–Crippen LogP) is 1.82. The zero-order chi connectivity index (χ0) is 14.7. The lowest BCUT2D eigenvalue weighted by Crippen LogP contribution is -2.33. The van der Waals surface area contributed by atoms with Gasteiger partial charge in [0, 0.05) is 19.0 Å². The van der Waals surface area contributed by atoms with Gasteiger partial charge in [-0.3, -0.25) is 4.79 Å². The van der Waals surface area contributed by atoms with E-state index >= 15 is 0 Å². The van der Waals surface area contributed by atoms with Gasteiger partial charge in [-0.2, -0.15) is 0 Å². The third-order valence-electron chi connectivity index (χ3n) is 4.10. The lowest BCUT2D eigenvalue weighted by Gasteiger charge is -2.26. The van der Waals surface area contributed by atoms with E-state index in [1.165, 1.54) is 57.0 Å². The Kier molecular flexibility index (Phi) is 4.80. The van der Waals surface area contributed by atoms with E-state index in [1.54, 1.807) is 0 Å². The third kappa shape index (κ3) is 3.97. The van der Waals surface area contributed by atoms with Gasteiger partial charge in [0.15, 0.2) is 5.16 Å². The molecule has 1 aromatic rings. The summed E-state index contributed by atoms with van der Waals surface area (Å²) >= 11 is 1.28. The first-order valence-electron chi connectivity index (χ1n) is 7.74. The number of carboxylic acid groups (broad SMARTS) is 1. The van der Waals surface area contributed by atoms with Crippen LogP contribution in [0.5, 0.6) is 0 Å². The fourth-order valence-corrected chi connectivity index (χ4v) is 3.50. The van der Waals surface area contributed by atoms with Gasteiger partial charge in [0.1, 0.15) is 5.82 Å². The number of carboxylic acids is 1. The number of carbonyl (C=O) groups is 1. The number of aromatic nitrogens is 3. The second-order valence-corrected chi connectivity index (χ2v) is 6.79. The number of likely N-dealkylation sites (tertiary alicyclic amines) is 1. The summed E-state index contributed by atoms with van der Waals surface area (Å²) in [6.07, 6.45) is 6.30. The summed E-state index contributed by atoms with van der Waals surface area (Å²) in [4.78, 5) is 13.2. The number of thioether (sulfide) groups is 1. The van der Waals surface area contributed by atoms with Gasteiger partial charge in [-0.1, -0.05) is 18.2 Å². The van der Waals surface area contributed by atoms with Crippen molar-refractivity contribution in [2.45, 2.75) is 49.7 Å². The highest BCUT2D eigenvalue weighted by molar-refractivity contribution is 7.99. The van der Waals surface area contributed by atoms with Crippen LogP contribution >= 0.6 is 11.8 Å². The zero-order valence-corrected chi connectivity index (χ0v) is 13.0. The van der Waals surface area contributed by atoms with Gasteiger partial charge in [-0.15, -0.1) is 10.2 Å². The molecule has 2 heterocycles. The maximum Gasteiger partial charge on any atom is 0.313 e. The Morgan fingerprint density at radius 3 is 2.62 bits per heavy atom. The predicted molar refractivity (Wildman–Crippen MR) is 80.6 cm³/mol. The van der Waals surface area contributed by atoms with Crippen LogP contribution in [0.25, 0.3) is 0 Å². The van der Waals surface area contributed by atoms with Crippen LogP contribution in [0.15, 0.2) is 5.16 Å². The van der Waals surface area contributed by atoms with Crippen molar-refractivity contribution in [3.05, 3.63) is 5.82 Å². The van der Waals surface area contributed by atoms with Crippen LogP contribution in [0.2, 0.25) is 0 Å². The molecule has 0 amide bonds. The standard InChI is InChI=1S/C14H22N4O2S/c19-12(20)10-21-14-16-15-13(11-4-5-11)18(14)9-8-17-6-2-1-3-7-17/h11H,1-10H2,(H,19,20). The van der Waals surface area contributed by atoms with Crippen molar-refractivity contribution in [2.24, 2.45) is 0 Å². The Bertz CT molecular complexity index is 495. The number of hydrogen-bond donors (Lipinski definition) is 1. The number of hydrogen-bond acceptors (Lipinski definition) is 5. The Morgan fingerprint density at radius 1 is 1.19 bits per heavy atom. The van der Waals surface area contributed by atoms with Crippen LogP contribution in [0.3, 0.4) is 0 Å². The summed E-state index contributed by atoms with van der Waals surface area (Å²) in [5.41, 5.74) is 0. The van der Waals surface area contributed by atoms with Crippen LogP contribution in [-0.2, 0) is 11.3 Å². The van der Waals surface area contributed by atoms with Crippen LogP contribution in [0.4, 0.5) is 0 Å². The molecule has 1 aliphatic carbocycles. The fraction of sp³-hybridized carbons (Fsp3) is 0.786. The molecule has 1 saturated carbocycles. The van der Waals surface area contributed by atoms with Crippen molar-refractivity contribution in [1.29, 1.82) is 0 Å². The van der Waals surface area contributed by atoms with Crippen molar-refractivity contribution in [3.8, 4) is 0 Å². The third-order valence-corrected chi connectivity index (χ3v) is 5.05. The summed E-state index contributed by atoms with van der Waals surface area (Å²) in [6.45, 7) is 4.25. The number of piperidine rings is 1. The molecule has 1 saturated heterocycles. The molecule has 7 heteroatoms. The first kappa shape index (κ1) is 14.8. The minimum Gasteiger partial charge on any atom is -0.481 e. The van der Waals surface area contributed by atoms with Crippen LogP contribution < -0.4 is 0 Å².